The topological polar surface area (TPSA) is 60.7 Å². The Kier molecular flexibility index (Phi) is 2.76. The normalized spacial score (nSPS) is 10.4. The zero-order chi connectivity index (χ0) is 11.5. The van der Waals surface area contributed by atoms with Crippen molar-refractivity contribution in [2.24, 2.45) is 0 Å². The fourth-order valence-electron chi connectivity index (χ4n) is 1.49. The van der Waals surface area contributed by atoms with Gasteiger partial charge in [-0.2, -0.15) is 5.10 Å². The van der Waals surface area contributed by atoms with Crippen molar-refractivity contribution >= 4 is 5.78 Å². The molecule has 0 aromatic carbocycles. The van der Waals surface area contributed by atoms with Crippen LogP contribution in [0.1, 0.15) is 28.9 Å². The Balaban J connectivity index is 2.39. The van der Waals surface area contributed by atoms with Gasteiger partial charge in [0.2, 0.25) is 5.78 Å². The number of carbonyl (C=O) groups is 1. The predicted molar refractivity (Wildman–Crippen MR) is 58.1 cm³/mol. The number of ketones is 1. The maximum absolute atomic E-state index is 12.1. The Morgan fingerprint density at radius 1 is 1.38 bits per heavy atom. The number of rotatable bonds is 3. The van der Waals surface area contributed by atoms with E-state index in [2.05, 4.69) is 15.1 Å². The Hall–Kier alpha value is -2.04. The molecule has 0 aliphatic rings. The molecule has 0 radical (unpaired) electrons. The van der Waals surface area contributed by atoms with Crippen LogP contribution in [0.25, 0.3) is 0 Å². The van der Waals surface area contributed by atoms with Crippen molar-refractivity contribution in [1.29, 1.82) is 0 Å². The molecule has 5 heteroatoms. The van der Waals surface area contributed by atoms with Gasteiger partial charge in [-0.3, -0.25) is 9.48 Å². The van der Waals surface area contributed by atoms with Gasteiger partial charge in [0, 0.05) is 18.9 Å². The molecule has 0 bridgehead atoms. The summed E-state index contributed by atoms with van der Waals surface area (Å²) in [4.78, 5) is 20.2. The highest BCUT2D eigenvalue weighted by molar-refractivity contribution is 6.06. The van der Waals surface area contributed by atoms with E-state index in [1.54, 1.807) is 36.1 Å². The lowest BCUT2D eigenvalue weighted by atomic mass is 10.2. The maximum Gasteiger partial charge on any atom is 0.229 e. The first-order chi connectivity index (χ1) is 7.72. The summed E-state index contributed by atoms with van der Waals surface area (Å²) in [5, 5.41) is 4.06. The van der Waals surface area contributed by atoms with Gasteiger partial charge in [-0.15, -0.1) is 0 Å². The van der Waals surface area contributed by atoms with Gasteiger partial charge in [0.15, 0.2) is 0 Å². The molecule has 82 valence electrons. The minimum Gasteiger partial charge on any atom is -0.285 e. The van der Waals surface area contributed by atoms with E-state index in [0.29, 0.717) is 23.8 Å². The van der Waals surface area contributed by atoms with Gasteiger partial charge in [0.1, 0.15) is 17.2 Å². The van der Waals surface area contributed by atoms with Crippen molar-refractivity contribution in [2.45, 2.75) is 20.4 Å². The van der Waals surface area contributed by atoms with Crippen LogP contribution in [0, 0.1) is 6.92 Å². The lowest BCUT2D eigenvalue weighted by Gasteiger charge is -2.03. The number of aromatic nitrogens is 4. The molecule has 2 aromatic rings. The van der Waals surface area contributed by atoms with Gasteiger partial charge < -0.3 is 0 Å². The first-order valence-corrected chi connectivity index (χ1v) is 5.08. The average molecular weight is 216 g/mol. The summed E-state index contributed by atoms with van der Waals surface area (Å²) in [6.45, 7) is 4.36. The molecular formula is C11H12N4O. The molecule has 0 amide bonds. The van der Waals surface area contributed by atoms with E-state index in [-0.39, 0.29) is 5.78 Å². The Bertz CT molecular complexity index is 518. The molecule has 0 unspecified atom stereocenters. The van der Waals surface area contributed by atoms with Crippen LogP contribution in [0.2, 0.25) is 0 Å². The zero-order valence-corrected chi connectivity index (χ0v) is 9.21. The monoisotopic (exact) mass is 216 g/mol. The van der Waals surface area contributed by atoms with Crippen LogP contribution in [0.15, 0.2) is 24.5 Å². The predicted octanol–water partition coefficient (Wildman–Crippen LogP) is 1.23. The summed E-state index contributed by atoms with van der Waals surface area (Å²) < 4.78 is 1.65. The Morgan fingerprint density at radius 3 is 2.88 bits per heavy atom. The molecule has 2 aromatic heterocycles. The van der Waals surface area contributed by atoms with E-state index < -0.39 is 0 Å². The fourth-order valence-corrected chi connectivity index (χ4v) is 1.49. The molecule has 16 heavy (non-hydrogen) atoms. The minimum atomic E-state index is -0.121. The highest BCUT2D eigenvalue weighted by Gasteiger charge is 2.14. The Labute approximate surface area is 93.2 Å². The maximum atomic E-state index is 12.1. The second-order valence-electron chi connectivity index (χ2n) is 3.35. The standard InChI is InChI=1S/C11H12N4O/c1-3-15-10(5-7-13-15)11(16)9-4-6-12-8(2)14-9/h4-7H,3H2,1-2H3. The smallest absolute Gasteiger partial charge is 0.229 e. The van der Waals surface area contributed by atoms with Crippen LogP contribution >= 0.6 is 0 Å². The van der Waals surface area contributed by atoms with E-state index in [1.807, 2.05) is 6.92 Å². The summed E-state index contributed by atoms with van der Waals surface area (Å²) in [5.74, 6) is 0.471. The molecule has 5 nitrogen and oxygen atoms in total. The van der Waals surface area contributed by atoms with Crippen molar-refractivity contribution in [3.05, 3.63) is 41.7 Å². The van der Waals surface area contributed by atoms with E-state index in [9.17, 15) is 4.79 Å². The Morgan fingerprint density at radius 2 is 2.19 bits per heavy atom. The third-order valence-corrected chi connectivity index (χ3v) is 2.26. The quantitative estimate of drug-likeness (QED) is 0.724. The fraction of sp³-hybridized carbons (Fsp3) is 0.273. The molecule has 0 fully saturated rings. The van der Waals surface area contributed by atoms with Gasteiger partial charge in [-0.05, 0) is 26.0 Å². The second kappa shape index (κ2) is 4.22. The molecule has 0 saturated carbocycles. The van der Waals surface area contributed by atoms with E-state index in [1.165, 1.54) is 0 Å². The summed E-state index contributed by atoms with van der Waals surface area (Å²) in [6, 6.07) is 3.31. The molecule has 0 spiro atoms. The van der Waals surface area contributed by atoms with Crippen molar-refractivity contribution < 1.29 is 4.79 Å². The molecule has 0 aliphatic heterocycles. The largest absolute Gasteiger partial charge is 0.285 e. The molecule has 0 N–H and O–H groups in total. The van der Waals surface area contributed by atoms with Crippen molar-refractivity contribution in [3.63, 3.8) is 0 Å². The highest BCUT2D eigenvalue weighted by Crippen LogP contribution is 2.07. The van der Waals surface area contributed by atoms with Crippen molar-refractivity contribution in [1.82, 2.24) is 19.7 Å². The number of hydrogen-bond donors (Lipinski definition) is 0. The van der Waals surface area contributed by atoms with Gasteiger partial charge in [-0.25, -0.2) is 9.97 Å². The number of carbonyl (C=O) groups excluding carboxylic acids is 1. The molecular weight excluding hydrogens is 204 g/mol. The molecule has 2 heterocycles. The number of hydrogen-bond acceptors (Lipinski definition) is 4. The number of nitrogens with zero attached hydrogens (tertiary/aromatic N) is 4. The van der Waals surface area contributed by atoms with Gasteiger partial charge in [0.25, 0.3) is 0 Å². The molecule has 2 rings (SSSR count). The number of aryl methyl sites for hydroxylation is 2. The molecule has 0 aliphatic carbocycles. The second-order valence-corrected chi connectivity index (χ2v) is 3.35. The SMILES string of the molecule is CCn1nccc1C(=O)c1ccnc(C)n1. The average Bonchev–Trinajstić information content (AvgIpc) is 2.76. The summed E-state index contributed by atoms with van der Waals surface area (Å²) in [6.07, 6.45) is 3.20. The van der Waals surface area contributed by atoms with Crippen LogP contribution in [-0.2, 0) is 6.54 Å². The first kappa shape index (κ1) is 10.5. The van der Waals surface area contributed by atoms with Crippen LogP contribution in [0.4, 0.5) is 0 Å². The molecule has 0 saturated heterocycles. The lowest BCUT2D eigenvalue weighted by molar-refractivity contribution is 0.102. The third kappa shape index (κ3) is 1.84. The van der Waals surface area contributed by atoms with Gasteiger partial charge in [-0.1, -0.05) is 0 Å². The van der Waals surface area contributed by atoms with Gasteiger partial charge in [0.05, 0.1) is 0 Å². The van der Waals surface area contributed by atoms with Crippen LogP contribution in [-0.4, -0.2) is 25.5 Å². The zero-order valence-electron chi connectivity index (χ0n) is 9.21. The van der Waals surface area contributed by atoms with Crippen LogP contribution in [0.3, 0.4) is 0 Å². The van der Waals surface area contributed by atoms with Crippen LogP contribution in [0.5, 0.6) is 0 Å². The van der Waals surface area contributed by atoms with E-state index >= 15 is 0 Å². The van der Waals surface area contributed by atoms with Crippen LogP contribution < -0.4 is 0 Å². The highest BCUT2D eigenvalue weighted by atomic mass is 16.1. The third-order valence-electron chi connectivity index (χ3n) is 2.26. The van der Waals surface area contributed by atoms with Crippen molar-refractivity contribution in [2.75, 3.05) is 0 Å². The summed E-state index contributed by atoms with van der Waals surface area (Å²) in [7, 11) is 0. The van der Waals surface area contributed by atoms with E-state index in [4.69, 9.17) is 0 Å². The van der Waals surface area contributed by atoms with Gasteiger partial charge >= 0.3 is 0 Å². The lowest BCUT2D eigenvalue weighted by Crippen LogP contribution is -2.12. The van der Waals surface area contributed by atoms with Crippen molar-refractivity contribution in [3.8, 4) is 0 Å². The summed E-state index contributed by atoms with van der Waals surface area (Å²) in [5.41, 5.74) is 0.961. The molecule has 0 atom stereocenters. The minimum absolute atomic E-state index is 0.121. The van der Waals surface area contributed by atoms with E-state index in [0.717, 1.165) is 0 Å². The summed E-state index contributed by atoms with van der Waals surface area (Å²) >= 11 is 0. The first-order valence-electron chi connectivity index (χ1n) is 5.08.